The fraction of sp³-hybridized carbons (Fsp3) is 0.382. The molecular formula is C34H36F2O2. The molecule has 2 nitrogen and oxygen atoms in total. The van der Waals surface area contributed by atoms with Crippen molar-refractivity contribution in [2.24, 2.45) is 5.92 Å². The Hall–Kier alpha value is -3.27. The minimum absolute atomic E-state index is 0.0374. The van der Waals surface area contributed by atoms with Crippen LogP contribution < -0.4 is 5.63 Å². The minimum Gasteiger partial charge on any atom is -0.422 e. The number of unbranched alkanes of at least 4 members (excludes halogenated alkanes) is 3. The fourth-order valence-electron chi connectivity index (χ4n) is 5.97. The molecule has 1 fully saturated rings. The Kier molecular flexibility index (Phi) is 8.06. The van der Waals surface area contributed by atoms with Crippen LogP contribution in [0.15, 0.2) is 69.9 Å². The SMILES string of the molecule is CCCCCCC1CCC(c2ccc3cc(-c4ccc(-c5ccc(C)cc5)cc4F)oc(=O)c3c2F)CC1. The van der Waals surface area contributed by atoms with Crippen molar-refractivity contribution in [2.75, 3.05) is 0 Å². The zero-order chi connectivity index (χ0) is 26.6. The molecule has 0 aliphatic heterocycles. The molecule has 0 bridgehead atoms. The number of rotatable bonds is 8. The van der Waals surface area contributed by atoms with Gasteiger partial charge in [0, 0.05) is 0 Å². The van der Waals surface area contributed by atoms with Crippen molar-refractivity contribution < 1.29 is 13.2 Å². The van der Waals surface area contributed by atoms with Crippen LogP contribution in [0.1, 0.15) is 81.8 Å². The first-order valence-corrected chi connectivity index (χ1v) is 14.1. The van der Waals surface area contributed by atoms with Crippen molar-refractivity contribution in [3.63, 3.8) is 0 Å². The lowest BCUT2D eigenvalue weighted by Gasteiger charge is -2.29. The summed E-state index contributed by atoms with van der Waals surface area (Å²) in [5, 5.41) is 0.397. The Balaban J connectivity index is 1.36. The maximum Gasteiger partial charge on any atom is 0.347 e. The van der Waals surface area contributed by atoms with Gasteiger partial charge in [0.15, 0.2) is 0 Å². The highest BCUT2D eigenvalue weighted by Crippen LogP contribution is 2.40. The predicted octanol–water partition coefficient (Wildman–Crippen LogP) is 9.96. The van der Waals surface area contributed by atoms with Crippen LogP contribution >= 0.6 is 0 Å². The van der Waals surface area contributed by atoms with Gasteiger partial charge in [-0.2, -0.15) is 0 Å². The number of benzene rings is 3. The molecule has 1 saturated carbocycles. The second-order valence-corrected chi connectivity index (χ2v) is 11.0. The summed E-state index contributed by atoms with van der Waals surface area (Å²) in [6, 6.07) is 17.9. The second kappa shape index (κ2) is 11.6. The van der Waals surface area contributed by atoms with E-state index in [4.69, 9.17) is 4.42 Å². The van der Waals surface area contributed by atoms with Gasteiger partial charge in [-0.25, -0.2) is 13.6 Å². The number of aryl methyl sites for hydroxylation is 1. The van der Waals surface area contributed by atoms with Crippen molar-refractivity contribution in [1.29, 1.82) is 0 Å². The van der Waals surface area contributed by atoms with Crippen LogP contribution in [-0.4, -0.2) is 0 Å². The van der Waals surface area contributed by atoms with E-state index in [0.717, 1.165) is 48.3 Å². The highest BCUT2D eigenvalue weighted by molar-refractivity contribution is 5.86. The van der Waals surface area contributed by atoms with E-state index in [2.05, 4.69) is 6.92 Å². The molecular weight excluding hydrogens is 478 g/mol. The van der Waals surface area contributed by atoms with Crippen LogP contribution in [0.2, 0.25) is 0 Å². The highest BCUT2D eigenvalue weighted by Gasteiger charge is 2.26. The molecule has 0 saturated heterocycles. The van der Waals surface area contributed by atoms with Crippen molar-refractivity contribution in [3.05, 3.63) is 93.8 Å². The lowest BCUT2D eigenvalue weighted by molar-refractivity contribution is 0.299. The summed E-state index contributed by atoms with van der Waals surface area (Å²) >= 11 is 0. The molecule has 4 aromatic rings. The minimum atomic E-state index is -0.761. The van der Waals surface area contributed by atoms with Gasteiger partial charge < -0.3 is 4.42 Å². The van der Waals surface area contributed by atoms with Gasteiger partial charge in [0.1, 0.15) is 22.8 Å². The first-order chi connectivity index (χ1) is 18.4. The average Bonchev–Trinajstić information content (AvgIpc) is 2.92. The van der Waals surface area contributed by atoms with E-state index in [1.807, 2.05) is 37.3 Å². The van der Waals surface area contributed by atoms with Crippen LogP contribution in [-0.2, 0) is 0 Å². The predicted molar refractivity (Wildman–Crippen MR) is 151 cm³/mol. The molecule has 1 heterocycles. The summed E-state index contributed by atoms with van der Waals surface area (Å²) in [7, 11) is 0. The molecule has 1 aromatic heterocycles. The molecule has 198 valence electrons. The molecule has 0 amide bonds. The third-order valence-corrected chi connectivity index (χ3v) is 8.27. The Morgan fingerprint density at radius 2 is 1.58 bits per heavy atom. The van der Waals surface area contributed by atoms with Crippen LogP contribution in [0.25, 0.3) is 33.2 Å². The Labute approximate surface area is 223 Å². The van der Waals surface area contributed by atoms with Gasteiger partial charge in [-0.05, 0) is 84.7 Å². The summed E-state index contributed by atoms with van der Waals surface area (Å²) in [4.78, 5) is 13.0. The van der Waals surface area contributed by atoms with E-state index < -0.39 is 17.3 Å². The summed E-state index contributed by atoms with van der Waals surface area (Å²) < 4.78 is 36.3. The van der Waals surface area contributed by atoms with Gasteiger partial charge in [0.25, 0.3) is 0 Å². The van der Waals surface area contributed by atoms with E-state index in [9.17, 15) is 4.79 Å². The summed E-state index contributed by atoms with van der Waals surface area (Å²) in [5.74, 6) is -0.0200. The van der Waals surface area contributed by atoms with Crippen LogP contribution in [0.5, 0.6) is 0 Å². The third-order valence-electron chi connectivity index (χ3n) is 8.27. The van der Waals surface area contributed by atoms with E-state index >= 15 is 8.78 Å². The monoisotopic (exact) mass is 514 g/mol. The summed E-state index contributed by atoms with van der Waals surface area (Å²) in [6.07, 6.45) is 10.5. The van der Waals surface area contributed by atoms with Gasteiger partial charge in [0.2, 0.25) is 0 Å². The molecule has 0 spiro atoms. The summed E-state index contributed by atoms with van der Waals surface area (Å²) in [6.45, 7) is 4.23. The molecule has 0 unspecified atom stereocenters. The van der Waals surface area contributed by atoms with E-state index in [-0.39, 0.29) is 22.6 Å². The highest BCUT2D eigenvalue weighted by atomic mass is 19.1. The number of hydrogen-bond donors (Lipinski definition) is 0. The smallest absolute Gasteiger partial charge is 0.347 e. The lowest BCUT2D eigenvalue weighted by atomic mass is 9.76. The lowest BCUT2D eigenvalue weighted by Crippen LogP contribution is -2.15. The molecule has 5 rings (SSSR count). The number of hydrogen-bond acceptors (Lipinski definition) is 2. The van der Waals surface area contributed by atoms with Crippen LogP contribution in [0.3, 0.4) is 0 Å². The van der Waals surface area contributed by atoms with Crippen molar-refractivity contribution >= 4 is 10.8 Å². The molecule has 1 aliphatic carbocycles. The van der Waals surface area contributed by atoms with Gasteiger partial charge in [-0.1, -0.05) is 87.1 Å². The molecule has 4 heteroatoms. The van der Waals surface area contributed by atoms with E-state index in [0.29, 0.717) is 10.9 Å². The standard InChI is InChI=1S/C34H36F2O2/c1-3-4-5-6-7-23-10-14-25(15-11-23)28-18-17-27-21-31(38-34(37)32(27)33(28)36)29-19-16-26(20-30(29)35)24-12-8-22(2)9-13-24/h8-9,12-13,16-21,23,25H,3-7,10-11,14-15H2,1-2H3. The topological polar surface area (TPSA) is 30.2 Å². The van der Waals surface area contributed by atoms with E-state index in [1.165, 1.54) is 38.2 Å². The zero-order valence-electron chi connectivity index (χ0n) is 22.4. The first-order valence-electron chi connectivity index (χ1n) is 14.1. The quantitative estimate of drug-likeness (QED) is 0.219. The first kappa shape index (κ1) is 26.3. The van der Waals surface area contributed by atoms with Gasteiger partial charge in [0.05, 0.1) is 5.56 Å². The van der Waals surface area contributed by atoms with Gasteiger partial charge in [-0.15, -0.1) is 0 Å². The van der Waals surface area contributed by atoms with Gasteiger partial charge >= 0.3 is 5.63 Å². The van der Waals surface area contributed by atoms with Crippen LogP contribution in [0.4, 0.5) is 8.78 Å². The second-order valence-electron chi connectivity index (χ2n) is 11.0. The zero-order valence-corrected chi connectivity index (χ0v) is 22.4. The number of fused-ring (bicyclic) bond motifs is 1. The van der Waals surface area contributed by atoms with Crippen molar-refractivity contribution in [1.82, 2.24) is 0 Å². The molecule has 0 N–H and O–H groups in total. The molecule has 38 heavy (non-hydrogen) atoms. The number of halogens is 2. The molecule has 1 aliphatic rings. The van der Waals surface area contributed by atoms with E-state index in [1.54, 1.807) is 24.3 Å². The Morgan fingerprint density at radius 3 is 2.29 bits per heavy atom. The van der Waals surface area contributed by atoms with Crippen molar-refractivity contribution in [3.8, 4) is 22.5 Å². The normalized spacial score (nSPS) is 17.7. The molecule has 0 atom stereocenters. The third kappa shape index (κ3) is 5.60. The Morgan fingerprint density at radius 1 is 0.842 bits per heavy atom. The fourth-order valence-corrected chi connectivity index (χ4v) is 5.97. The van der Waals surface area contributed by atoms with Crippen molar-refractivity contribution in [2.45, 2.75) is 77.6 Å². The molecule has 0 radical (unpaired) electrons. The summed E-state index contributed by atoms with van der Waals surface area (Å²) in [5.41, 5.74) is 2.80. The maximum absolute atomic E-state index is 15.6. The maximum atomic E-state index is 15.6. The largest absolute Gasteiger partial charge is 0.422 e. The average molecular weight is 515 g/mol. The van der Waals surface area contributed by atoms with Gasteiger partial charge in [-0.3, -0.25) is 0 Å². The molecule has 3 aromatic carbocycles. The van der Waals surface area contributed by atoms with Crippen LogP contribution in [0, 0.1) is 24.5 Å². The Bertz CT molecular complexity index is 1460.